The first kappa shape index (κ1) is 13.6. The molecule has 0 spiro atoms. The van der Waals surface area contributed by atoms with Gasteiger partial charge in [0.15, 0.2) is 5.78 Å². The van der Waals surface area contributed by atoms with Gasteiger partial charge in [-0.3, -0.25) is 9.59 Å². The molecule has 1 N–H and O–H groups in total. The second-order valence-electron chi connectivity index (χ2n) is 4.76. The van der Waals surface area contributed by atoms with Crippen molar-refractivity contribution >= 4 is 34.7 Å². The van der Waals surface area contributed by atoms with Crippen molar-refractivity contribution in [1.29, 1.82) is 0 Å². The van der Waals surface area contributed by atoms with Crippen molar-refractivity contribution in [3.05, 3.63) is 21.3 Å². The molecule has 0 aliphatic heterocycles. The standard InChI is InChI=1S/C13H15ClO3S/c1-2-7-5-8(9(6-7)13(16)17)12(15)10-3-4-11(14)18-10/h3-4,7-9H,2,5-6H2,1H3,(H,16,17). The van der Waals surface area contributed by atoms with Crippen LogP contribution in [-0.4, -0.2) is 16.9 Å². The van der Waals surface area contributed by atoms with Crippen LogP contribution in [0.4, 0.5) is 0 Å². The van der Waals surface area contributed by atoms with Crippen molar-refractivity contribution in [2.75, 3.05) is 0 Å². The summed E-state index contributed by atoms with van der Waals surface area (Å²) >= 11 is 7.04. The molecule has 1 aromatic heterocycles. The van der Waals surface area contributed by atoms with Crippen LogP contribution < -0.4 is 0 Å². The summed E-state index contributed by atoms with van der Waals surface area (Å²) < 4.78 is 0.565. The molecule has 1 fully saturated rings. The predicted octanol–water partition coefficient (Wildman–Crippen LogP) is 3.72. The zero-order chi connectivity index (χ0) is 13.3. The van der Waals surface area contributed by atoms with Gasteiger partial charge in [-0.1, -0.05) is 24.9 Å². The minimum Gasteiger partial charge on any atom is -0.481 e. The average Bonchev–Trinajstić information content (AvgIpc) is 2.93. The SMILES string of the molecule is CCC1CC(C(=O)O)C(C(=O)c2ccc(Cl)s2)C1. The Morgan fingerprint density at radius 2 is 2.06 bits per heavy atom. The second-order valence-corrected chi connectivity index (χ2v) is 6.48. The maximum absolute atomic E-state index is 12.3. The molecule has 1 saturated carbocycles. The van der Waals surface area contributed by atoms with Crippen LogP contribution in [0, 0.1) is 17.8 Å². The highest BCUT2D eigenvalue weighted by atomic mass is 35.5. The zero-order valence-corrected chi connectivity index (χ0v) is 11.6. The number of Topliss-reactive ketones (excluding diaryl/α,β-unsaturated/α-hetero) is 1. The summed E-state index contributed by atoms with van der Waals surface area (Å²) in [6, 6.07) is 3.37. The molecule has 3 unspecified atom stereocenters. The zero-order valence-electron chi connectivity index (χ0n) is 10.1. The van der Waals surface area contributed by atoms with Crippen LogP contribution in [0.1, 0.15) is 35.9 Å². The van der Waals surface area contributed by atoms with Gasteiger partial charge in [-0.25, -0.2) is 0 Å². The largest absolute Gasteiger partial charge is 0.481 e. The molecule has 2 rings (SSSR count). The van der Waals surface area contributed by atoms with E-state index < -0.39 is 11.9 Å². The molecule has 1 aliphatic carbocycles. The normalized spacial score (nSPS) is 27.3. The molecule has 1 heterocycles. The number of thiophene rings is 1. The van der Waals surface area contributed by atoms with Gasteiger partial charge in [0.2, 0.25) is 0 Å². The van der Waals surface area contributed by atoms with Gasteiger partial charge in [0, 0.05) is 5.92 Å². The third-order valence-corrected chi connectivity index (χ3v) is 4.95. The van der Waals surface area contributed by atoms with Gasteiger partial charge < -0.3 is 5.11 Å². The fraction of sp³-hybridized carbons (Fsp3) is 0.538. The first-order chi connectivity index (χ1) is 8.52. The van der Waals surface area contributed by atoms with E-state index in [-0.39, 0.29) is 11.7 Å². The first-order valence-electron chi connectivity index (χ1n) is 6.05. The lowest BCUT2D eigenvalue weighted by molar-refractivity contribution is -0.142. The van der Waals surface area contributed by atoms with Crippen molar-refractivity contribution in [3.8, 4) is 0 Å². The molecule has 1 aromatic rings. The fourth-order valence-electron chi connectivity index (χ4n) is 2.67. The molecule has 0 amide bonds. The number of ketones is 1. The fourth-order valence-corrected chi connectivity index (χ4v) is 3.72. The van der Waals surface area contributed by atoms with Crippen LogP contribution in [0.3, 0.4) is 0 Å². The van der Waals surface area contributed by atoms with E-state index in [2.05, 4.69) is 0 Å². The van der Waals surface area contributed by atoms with Gasteiger partial charge in [0.1, 0.15) is 0 Å². The number of halogens is 1. The minimum atomic E-state index is -0.855. The van der Waals surface area contributed by atoms with E-state index >= 15 is 0 Å². The molecule has 1 aliphatic rings. The number of hydrogen-bond donors (Lipinski definition) is 1. The average molecular weight is 287 g/mol. The van der Waals surface area contributed by atoms with Gasteiger partial charge in [-0.15, -0.1) is 11.3 Å². The topological polar surface area (TPSA) is 54.4 Å². The Labute approximate surface area is 115 Å². The summed E-state index contributed by atoms with van der Waals surface area (Å²) in [7, 11) is 0. The van der Waals surface area contributed by atoms with Crippen molar-refractivity contribution in [1.82, 2.24) is 0 Å². The molecule has 3 atom stereocenters. The monoisotopic (exact) mass is 286 g/mol. The Balaban J connectivity index is 2.20. The molecule has 18 heavy (non-hydrogen) atoms. The van der Waals surface area contributed by atoms with Crippen molar-refractivity contribution in [3.63, 3.8) is 0 Å². The van der Waals surface area contributed by atoms with Crippen LogP contribution in [0.2, 0.25) is 4.34 Å². The summed E-state index contributed by atoms with van der Waals surface area (Å²) in [5, 5.41) is 9.22. The van der Waals surface area contributed by atoms with Gasteiger partial charge >= 0.3 is 5.97 Å². The maximum atomic E-state index is 12.3. The lowest BCUT2D eigenvalue weighted by atomic mass is 9.91. The molecule has 0 radical (unpaired) electrons. The van der Waals surface area contributed by atoms with Gasteiger partial charge in [-0.2, -0.15) is 0 Å². The van der Waals surface area contributed by atoms with Crippen LogP contribution in [0.15, 0.2) is 12.1 Å². The van der Waals surface area contributed by atoms with Gasteiger partial charge in [0.25, 0.3) is 0 Å². The highest BCUT2D eigenvalue weighted by Crippen LogP contribution is 2.41. The summed E-state index contributed by atoms with van der Waals surface area (Å²) in [4.78, 5) is 24.1. The van der Waals surface area contributed by atoms with E-state index in [1.165, 1.54) is 11.3 Å². The smallest absolute Gasteiger partial charge is 0.307 e. The van der Waals surface area contributed by atoms with Crippen LogP contribution in [0.5, 0.6) is 0 Å². The van der Waals surface area contributed by atoms with Crippen LogP contribution in [0.25, 0.3) is 0 Å². The Morgan fingerprint density at radius 1 is 1.39 bits per heavy atom. The molecule has 5 heteroatoms. The summed E-state index contributed by atoms with van der Waals surface area (Å²) in [5.41, 5.74) is 0. The third-order valence-electron chi connectivity index (χ3n) is 3.71. The van der Waals surface area contributed by atoms with Gasteiger partial charge in [-0.05, 0) is 30.9 Å². The van der Waals surface area contributed by atoms with Crippen molar-refractivity contribution in [2.24, 2.45) is 17.8 Å². The van der Waals surface area contributed by atoms with Crippen molar-refractivity contribution in [2.45, 2.75) is 26.2 Å². The number of rotatable bonds is 4. The number of carbonyl (C=O) groups is 2. The van der Waals surface area contributed by atoms with Crippen LogP contribution >= 0.6 is 22.9 Å². The Hall–Kier alpha value is -0.870. The third kappa shape index (κ3) is 2.59. The summed E-state index contributed by atoms with van der Waals surface area (Å²) in [6.07, 6.45) is 2.22. The summed E-state index contributed by atoms with van der Waals surface area (Å²) in [5.74, 6) is -1.50. The van der Waals surface area contributed by atoms with Gasteiger partial charge in [0.05, 0.1) is 15.1 Å². The lowest BCUT2D eigenvalue weighted by Crippen LogP contribution is -2.24. The molecule has 3 nitrogen and oxygen atoms in total. The quantitative estimate of drug-likeness (QED) is 0.858. The van der Waals surface area contributed by atoms with E-state index in [1.807, 2.05) is 6.92 Å². The highest BCUT2D eigenvalue weighted by molar-refractivity contribution is 7.18. The molecular weight excluding hydrogens is 272 g/mol. The number of carbonyl (C=O) groups excluding carboxylic acids is 1. The first-order valence-corrected chi connectivity index (χ1v) is 7.24. The second kappa shape index (κ2) is 5.41. The molecule has 0 saturated heterocycles. The highest BCUT2D eigenvalue weighted by Gasteiger charge is 2.42. The molecule has 0 bridgehead atoms. The number of carboxylic acid groups (broad SMARTS) is 1. The van der Waals surface area contributed by atoms with Crippen LogP contribution in [-0.2, 0) is 4.79 Å². The molecule has 0 aromatic carbocycles. The Morgan fingerprint density at radius 3 is 2.56 bits per heavy atom. The minimum absolute atomic E-state index is 0.0600. The molecular formula is C13H15ClO3S. The number of hydrogen-bond acceptors (Lipinski definition) is 3. The number of carboxylic acids is 1. The Bertz CT molecular complexity index is 469. The lowest BCUT2D eigenvalue weighted by Gasteiger charge is -2.12. The maximum Gasteiger partial charge on any atom is 0.307 e. The van der Waals surface area contributed by atoms with E-state index in [0.717, 1.165) is 6.42 Å². The molecule has 98 valence electrons. The predicted molar refractivity (Wildman–Crippen MR) is 71.3 cm³/mol. The number of aliphatic carboxylic acids is 1. The van der Waals surface area contributed by atoms with E-state index in [0.29, 0.717) is 28.0 Å². The summed E-state index contributed by atoms with van der Waals surface area (Å²) in [6.45, 7) is 2.04. The van der Waals surface area contributed by atoms with E-state index in [4.69, 9.17) is 11.6 Å². The van der Waals surface area contributed by atoms with Crippen molar-refractivity contribution < 1.29 is 14.7 Å². The van der Waals surface area contributed by atoms with E-state index in [9.17, 15) is 14.7 Å². The Kier molecular flexibility index (Phi) is 4.07. The van der Waals surface area contributed by atoms with E-state index in [1.54, 1.807) is 12.1 Å².